The Morgan fingerprint density at radius 1 is 1.00 bits per heavy atom. The lowest BCUT2D eigenvalue weighted by Crippen LogP contribution is -2.40. The molecule has 0 aliphatic heterocycles. The van der Waals surface area contributed by atoms with Gasteiger partial charge in [-0.2, -0.15) is 0 Å². The number of aliphatic hydroxyl groups is 2. The average Bonchev–Trinajstić information content (AvgIpc) is 2.24. The largest absolute Gasteiger partial charge is 0.392 e. The lowest BCUT2D eigenvalue weighted by atomic mass is 9.79. The van der Waals surface area contributed by atoms with E-state index in [0.29, 0.717) is 13.0 Å². The zero-order chi connectivity index (χ0) is 14.6. The van der Waals surface area contributed by atoms with E-state index in [1.54, 1.807) is 7.11 Å². The van der Waals surface area contributed by atoms with Gasteiger partial charge in [-0.1, -0.05) is 34.6 Å². The van der Waals surface area contributed by atoms with Crippen molar-refractivity contribution in [3.8, 4) is 0 Å². The summed E-state index contributed by atoms with van der Waals surface area (Å²) in [4.78, 5) is 0. The Hall–Kier alpha value is -0.160. The van der Waals surface area contributed by atoms with Crippen LogP contribution in [-0.4, -0.2) is 42.4 Å². The fraction of sp³-hybridized carbons (Fsp3) is 1.00. The van der Waals surface area contributed by atoms with Crippen LogP contribution < -0.4 is 0 Å². The van der Waals surface area contributed by atoms with Crippen LogP contribution in [0.5, 0.6) is 0 Å². The summed E-state index contributed by atoms with van der Waals surface area (Å²) in [7, 11) is 1.58. The second-order valence-electron chi connectivity index (χ2n) is 6.74. The molecule has 0 aromatic carbocycles. The quantitative estimate of drug-likeness (QED) is 0.690. The first-order chi connectivity index (χ1) is 8.00. The highest BCUT2D eigenvalue weighted by molar-refractivity contribution is 4.83. The zero-order valence-electron chi connectivity index (χ0n) is 12.9. The summed E-state index contributed by atoms with van der Waals surface area (Å²) < 4.78 is 10.5. The van der Waals surface area contributed by atoms with Crippen molar-refractivity contribution in [3.05, 3.63) is 0 Å². The van der Waals surface area contributed by atoms with Gasteiger partial charge in [0.15, 0.2) is 6.29 Å². The SMILES string of the molecule is COC(C)OCC(C)(C)C(O)CC(O)C(C)(C)C. The molecule has 18 heavy (non-hydrogen) atoms. The molecule has 0 bridgehead atoms. The summed E-state index contributed by atoms with van der Waals surface area (Å²) in [6, 6.07) is 0. The molecular weight excluding hydrogens is 232 g/mol. The first kappa shape index (κ1) is 17.8. The maximum Gasteiger partial charge on any atom is 0.154 e. The van der Waals surface area contributed by atoms with Crippen molar-refractivity contribution >= 4 is 0 Å². The van der Waals surface area contributed by atoms with Gasteiger partial charge in [-0.15, -0.1) is 0 Å². The molecule has 0 radical (unpaired) electrons. The molecule has 0 heterocycles. The number of ether oxygens (including phenoxy) is 2. The highest BCUT2D eigenvalue weighted by atomic mass is 16.7. The summed E-state index contributed by atoms with van der Waals surface area (Å²) in [6.07, 6.45) is -1.09. The van der Waals surface area contributed by atoms with E-state index in [2.05, 4.69) is 0 Å². The van der Waals surface area contributed by atoms with E-state index in [9.17, 15) is 10.2 Å². The van der Waals surface area contributed by atoms with Gasteiger partial charge in [0, 0.05) is 18.9 Å². The summed E-state index contributed by atoms with van der Waals surface area (Å²) in [6.45, 7) is 11.9. The molecule has 3 unspecified atom stereocenters. The first-order valence-electron chi connectivity index (χ1n) is 6.51. The molecule has 4 heteroatoms. The van der Waals surface area contributed by atoms with E-state index in [-0.39, 0.29) is 11.7 Å². The minimum absolute atomic E-state index is 0.224. The van der Waals surface area contributed by atoms with Gasteiger partial charge in [0.25, 0.3) is 0 Å². The maximum atomic E-state index is 10.2. The number of aliphatic hydroxyl groups excluding tert-OH is 2. The van der Waals surface area contributed by atoms with Crippen molar-refractivity contribution in [1.29, 1.82) is 0 Å². The Morgan fingerprint density at radius 3 is 1.89 bits per heavy atom. The van der Waals surface area contributed by atoms with Gasteiger partial charge in [-0.05, 0) is 12.3 Å². The molecule has 0 amide bonds. The van der Waals surface area contributed by atoms with Gasteiger partial charge in [0.2, 0.25) is 0 Å². The summed E-state index contributed by atoms with van der Waals surface area (Å²) >= 11 is 0. The van der Waals surface area contributed by atoms with Gasteiger partial charge in [-0.3, -0.25) is 0 Å². The van der Waals surface area contributed by atoms with Crippen LogP contribution in [0, 0.1) is 10.8 Å². The summed E-state index contributed by atoms with van der Waals surface area (Å²) in [5, 5.41) is 20.2. The average molecular weight is 262 g/mol. The van der Waals surface area contributed by atoms with Crippen LogP contribution in [0.3, 0.4) is 0 Å². The standard InChI is InChI=1S/C14H30O4/c1-10(17-7)18-9-14(5,6)12(16)8-11(15)13(2,3)4/h10-12,15-16H,8-9H2,1-7H3. The van der Waals surface area contributed by atoms with Crippen LogP contribution in [0.2, 0.25) is 0 Å². The van der Waals surface area contributed by atoms with Gasteiger partial charge >= 0.3 is 0 Å². The van der Waals surface area contributed by atoms with Crippen LogP contribution in [0.15, 0.2) is 0 Å². The van der Waals surface area contributed by atoms with Gasteiger partial charge in [0.1, 0.15) is 0 Å². The Balaban J connectivity index is 4.33. The molecule has 3 atom stereocenters. The topological polar surface area (TPSA) is 58.9 Å². The molecule has 0 fully saturated rings. The Kier molecular flexibility index (Phi) is 6.79. The smallest absolute Gasteiger partial charge is 0.154 e. The first-order valence-corrected chi connectivity index (χ1v) is 6.51. The maximum absolute atomic E-state index is 10.2. The van der Waals surface area contributed by atoms with Crippen molar-refractivity contribution in [2.24, 2.45) is 10.8 Å². The van der Waals surface area contributed by atoms with Gasteiger partial charge in [-0.25, -0.2) is 0 Å². The third-order valence-corrected chi connectivity index (χ3v) is 3.37. The second-order valence-corrected chi connectivity index (χ2v) is 6.74. The molecule has 4 nitrogen and oxygen atoms in total. The van der Waals surface area contributed by atoms with Crippen LogP contribution in [-0.2, 0) is 9.47 Å². The van der Waals surface area contributed by atoms with Crippen LogP contribution >= 0.6 is 0 Å². The number of hydrogen-bond donors (Lipinski definition) is 2. The minimum Gasteiger partial charge on any atom is -0.392 e. The van der Waals surface area contributed by atoms with Gasteiger partial charge < -0.3 is 19.7 Å². The van der Waals surface area contributed by atoms with Crippen LogP contribution in [0.1, 0.15) is 48.0 Å². The van der Waals surface area contributed by atoms with Crippen molar-refractivity contribution in [2.45, 2.75) is 66.5 Å². The molecule has 0 saturated carbocycles. The molecule has 0 saturated heterocycles. The van der Waals surface area contributed by atoms with E-state index < -0.39 is 17.6 Å². The molecule has 0 aromatic heterocycles. The number of methoxy groups -OCH3 is 1. The second kappa shape index (κ2) is 6.85. The van der Waals surface area contributed by atoms with Crippen LogP contribution in [0.25, 0.3) is 0 Å². The lowest BCUT2D eigenvalue weighted by molar-refractivity contribution is -0.149. The highest BCUT2D eigenvalue weighted by Gasteiger charge is 2.33. The molecule has 0 aromatic rings. The predicted molar refractivity (Wildman–Crippen MR) is 72.3 cm³/mol. The third kappa shape index (κ3) is 6.14. The fourth-order valence-electron chi connectivity index (χ4n) is 1.38. The molecular formula is C14H30O4. The molecule has 0 aliphatic carbocycles. The van der Waals surface area contributed by atoms with E-state index in [1.807, 2.05) is 41.5 Å². The normalized spacial score (nSPS) is 18.5. The number of rotatable bonds is 7. The Labute approximate surface area is 111 Å². The zero-order valence-corrected chi connectivity index (χ0v) is 12.9. The molecule has 0 spiro atoms. The van der Waals surface area contributed by atoms with E-state index in [0.717, 1.165) is 0 Å². The van der Waals surface area contributed by atoms with Crippen molar-refractivity contribution < 1.29 is 19.7 Å². The third-order valence-electron chi connectivity index (χ3n) is 3.37. The molecule has 110 valence electrons. The van der Waals surface area contributed by atoms with Gasteiger partial charge in [0.05, 0.1) is 18.8 Å². The monoisotopic (exact) mass is 262 g/mol. The van der Waals surface area contributed by atoms with Crippen LogP contribution in [0.4, 0.5) is 0 Å². The van der Waals surface area contributed by atoms with E-state index >= 15 is 0 Å². The molecule has 2 N–H and O–H groups in total. The minimum atomic E-state index is -0.615. The van der Waals surface area contributed by atoms with E-state index in [4.69, 9.17) is 9.47 Å². The van der Waals surface area contributed by atoms with Crippen molar-refractivity contribution in [1.82, 2.24) is 0 Å². The Bertz CT molecular complexity index is 232. The fourth-order valence-corrected chi connectivity index (χ4v) is 1.38. The molecule has 0 aliphatic rings. The highest BCUT2D eigenvalue weighted by Crippen LogP contribution is 2.30. The summed E-state index contributed by atoms with van der Waals surface area (Å²) in [5.74, 6) is 0. The molecule has 0 rings (SSSR count). The summed E-state index contributed by atoms with van der Waals surface area (Å²) in [5.41, 5.74) is -0.642. The van der Waals surface area contributed by atoms with Crippen molar-refractivity contribution in [3.63, 3.8) is 0 Å². The number of hydrogen-bond acceptors (Lipinski definition) is 4. The van der Waals surface area contributed by atoms with E-state index in [1.165, 1.54) is 0 Å². The Morgan fingerprint density at radius 2 is 1.50 bits per heavy atom. The lowest BCUT2D eigenvalue weighted by Gasteiger charge is -2.35. The van der Waals surface area contributed by atoms with Crippen molar-refractivity contribution in [2.75, 3.05) is 13.7 Å². The predicted octanol–water partition coefficient (Wildman–Crippen LogP) is 2.18.